The van der Waals surface area contributed by atoms with Crippen LogP contribution in [-0.2, 0) is 4.79 Å². The largest absolute Gasteiger partial charge is 0.307 e. The lowest BCUT2D eigenvalue weighted by molar-refractivity contribution is -0.385. The Morgan fingerprint density at radius 3 is 1.18 bits per heavy atom. The minimum Gasteiger partial charge on any atom is -0.307 e. The highest BCUT2D eigenvalue weighted by Crippen LogP contribution is 2.20. The van der Waals surface area contributed by atoms with Gasteiger partial charge in [-0.25, -0.2) is 0 Å². The van der Waals surface area contributed by atoms with E-state index in [1.807, 2.05) is 6.79 Å². The summed E-state index contributed by atoms with van der Waals surface area (Å²) in [6.45, 7) is 2.00. The van der Waals surface area contributed by atoms with Crippen LogP contribution in [0.5, 0.6) is 11.5 Å². The van der Waals surface area contributed by atoms with Crippen molar-refractivity contribution >= 4 is 18.2 Å². The summed E-state index contributed by atoms with van der Waals surface area (Å²) < 4.78 is 0. The number of carbonyl (C=O) groups excluding carboxylic acids is 1. The Morgan fingerprint density at radius 1 is 0.682 bits per heavy atom. The summed E-state index contributed by atoms with van der Waals surface area (Å²) in [5, 5.41) is 20.9. The van der Waals surface area contributed by atoms with Gasteiger partial charge < -0.3 is 4.79 Å². The molecule has 0 aliphatic carbocycles. The molecule has 0 radical (unpaired) electrons. The smallest absolute Gasteiger partial charge is 0.269 e. The first-order valence-electron chi connectivity index (χ1n) is 5.68. The normalized spacial score (nSPS) is 9.09. The van der Waals surface area contributed by atoms with Crippen molar-refractivity contribution in [2.24, 2.45) is 0 Å². The number of non-ortho nitro benzene ring substituents is 2. The maximum absolute atomic E-state index is 10.5. The fourth-order valence-electron chi connectivity index (χ4n) is 1.34. The zero-order valence-electron chi connectivity index (χ0n) is 11.1. The van der Waals surface area contributed by atoms with Gasteiger partial charge in [-0.15, -0.1) is 0 Å². The van der Waals surface area contributed by atoms with E-state index < -0.39 is 9.85 Å². The molecule has 0 heterocycles. The zero-order chi connectivity index (χ0) is 16.5. The molecule has 114 valence electrons. The van der Waals surface area contributed by atoms with Gasteiger partial charge in [0.25, 0.3) is 11.4 Å². The standard InChI is InChI=1S/C12H8N2O6.CH2O/c15-13(16)9-1-5-11(6-2-9)19-20-12-7-3-10(4-8-12)14(17)18;1-2/h1-8H;1H2. The molecule has 0 amide bonds. The third kappa shape index (κ3) is 4.56. The molecule has 0 aliphatic heterocycles. The molecule has 2 rings (SSSR count). The summed E-state index contributed by atoms with van der Waals surface area (Å²) >= 11 is 0. The second kappa shape index (κ2) is 7.94. The van der Waals surface area contributed by atoms with Crippen molar-refractivity contribution in [1.82, 2.24) is 0 Å². The molecule has 2 aromatic rings. The monoisotopic (exact) mass is 306 g/mol. The van der Waals surface area contributed by atoms with Crippen LogP contribution in [0.4, 0.5) is 11.4 Å². The number of carbonyl (C=O) groups is 1. The first-order chi connectivity index (χ1) is 10.6. The number of nitrogens with zero attached hydrogens (tertiary/aromatic N) is 2. The molecule has 2 aromatic carbocycles. The van der Waals surface area contributed by atoms with E-state index in [1.165, 1.54) is 48.5 Å². The summed E-state index contributed by atoms with van der Waals surface area (Å²) in [4.78, 5) is 37.7. The predicted molar refractivity (Wildman–Crippen MR) is 74.6 cm³/mol. The molecule has 0 N–H and O–H groups in total. The van der Waals surface area contributed by atoms with Gasteiger partial charge in [0.05, 0.1) is 9.85 Å². The first kappa shape index (κ1) is 16.6. The topological polar surface area (TPSA) is 122 Å². The Balaban J connectivity index is 0.00000116. The molecule has 0 unspecified atom stereocenters. The molecule has 9 heteroatoms. The maximum atomic E-state index is 10.5. The van der Waals surface area contributed by atoms with Gasteiger partial charge in [-0.05, 0) is 24.3 Å². The minimum absolute atomic E-state index is 0.0623. The highest BCUT2D eigenvalue weighted by Gasteiger charge is 2.07. The molecule has 0 fully saturated rings. The first-order valence-corrected chi connectivity index (χ1v) is 5.68. The summed E-state index contributed by atoms with van der Waals surface area (Å²) in [5.41, 5.74) is -0.125. The van der Waals surface area contributed by atoms with E-state index in [0.29, 0.717) is 0 Å². The van der Waals surface area contributed by atoms with Crippen molar-refractivity contribution in [1.29, 1.82) is 0 Å². The average Bonchev–Trinajstić information content (AvgIpc) is 2.55. The van der Waals surface area contributed by atoms with Crippen molar-refractivity contribution in [3.63, 3.8) is 0 Å². The van der Waals surface area contributed by atoms with E-state index in [-0.39, 0.29) is 22.9 Å². The number of hydrogen-bond acceptors (Lipinski definition) is 7. The molecule has 0 aromatic heterocycles. The van der Waals surface area contributed by atoms with E-state index in [4.69, 9.17) is 14.6 Å². The Kier molecular flexibility index (Phi) is 5.98. The fraction of sp³-hybridized carbons (Fsp3) is 0. The van der Waals surface area contributed by atoms with Crippen molar-refractivity contribution in [2.75, 3.05) is 0 Å². The zero-order valence-corrected chi connectivity index (χ0v) is 11.1. The van der Waals surface area contributed by atoms with Crippen molar-refractivity contribution < 1.29 is 24.4 Å². The molecule has 22 heavy (non-hydrogen) atoms. The minimum atomic E-state index is -0.527. The van der Waals surface area contributed by atoms with E-state index in [1.54, 1.807) is 0 Å². The third-order valence-electron chi connectivity index (χ3n) is 2.33. The van der Waals surface area contributed by atoms with Crippen LogP contribution in [0.25, 0.3) is 0 Å². The summed E-state index contributed by atoms with van der Waals surface area (Å²) in [7, 11) is 0. The Morgan fingerprint density at radius 2 is 0.955 bits per heavy atom. The van der Waals surface area contributed by atoms with Crippen LogP contribution < -0.4 is 9.78 Å². The van der Waals surface area contributed by atoms with Crippen LogP contribution >= 0.6 is 0 Å². The number of nitro benzene ring substituents is 2. The molecule has 0 bridgehead atoms. The van der Waals surface area contributed by atoms with E-state index in [0.717, 1.165) is 0 Å². The number of hydrogen-bond donors (Lipinski definition) is 0. The van der Waals surface area contributed by atoms with E-state index >= 15 is 0 Å². The molecule has 0 spiro atoms. The van der Waals surface area contributed by atoms with Crippen LogP contribution in [0.2, 0.25) is 0 Å². The molecule has 0 aliphatic rings. The second-order valence-electron chi connectivity index (χ2n) is 3.67. The summed E-state index contributed by atoms with van der Waals surface area (Å²) in [6, 6.07) is 10.6. The average molecular weight is 306 g/mol. The molecular formula is C13H10N2O7. The van der Waals surface area contributed by atoms with Crippen molar-refractivity contribution in [2.45, 2.75) is 0 Å². The molecular weight excluding hydrogens is 296 g/mol. The van der Waals surface area contributed by atoms with Gasteiger partial charge in [-0.1, -0.05) is 0 Å². The quantitative estimate of drug-likeness (QED) is 0.472. The Bertz CT molecular complexity index is 583. The lowest BCUT2D eigenvalue weighted by Gasteiger charge is -2.04. The molecule has 0 saturated heterocycles. The van der Waals surface area contributed by atoms with Gasteiger partial charge in [0, 0.05) is 24.3 Å². The van der Waals surface area contributed by atoms with Gasteiger partial charge in [0.15, 0.2) is 11.5 Å². The van der Waals surface area contributed by atoms with Crippen LogP contribution in [0.15, 0.2) is 48.5 Å². The van der Waals surface area contributed by atoms with Gasteiger partial charge in [0.1, 0.15) is 6.79 Å². The van der Waals surface area contributed by atoms with Gasteiger partial charge in [0.2, 0.25) is 0 Å². The predicted octanol–water partition coefficient (Wildman–Crippen LogP) is 2.69. The second-order valence-corrected chi connectivity index (χ2v) is 3.67. The molecule has 0 saturated carbocycles. The van der Waals surface area contributed by atoms with E-state index in [9.17, 15) is 20.2 Å². The van der Waals surface area contributed by atoms with Crippen LogP contribution in [0, 0.1) is 20.2 Å². The number of benzene rings is 2. The van der Waals surface area contributed by atoms with Crippen LogP contribution in [0.1, 0.15) is 0 Å². The van der Waals surface area contributed by atoms with Crippen molar-refractivity contribution in [3.8, 4) is 11.5 Å². The van der Waals surface area contributed by atoms with Gasteiger partial charge >= 0.3 is 0 Å². The molecule has 9 nitrogen and oxygen atoms in total. The summed E-state index contributed by atoms with van der Waals surface area (Å²) in [6.07, 6.45) is 0. The fourth-order valence-corrected chi connectivity index (χ4v) is 1.34. The van der Waals surface area contributed by atoms with Gasteiger partial charge in [-0.3, -0.25) is 30.0 Å². The maximum Gasteiger partial charge on any atom is 0.269 e. The van der Waals surface area contributed by atoms with Crippen molar-refractivity contribution in [3.05, 3.63) is 68.8 Å². The Labute approximate surface area is 123 Å². The highest BCUT2D eigenvalue weighted by molar-refractivity contribution is 5.37. The molecule has 0 atom stereocenters. The van der Waals surface area contributed by atoms with Crippen LogP contribution in [0.3, 0.4) is 0 Å². The third-order valence-corrected chi connectivity index (χ3v) is 2.33. The number of rotatable bonds is 5. The van der Waals surface area contributed by atoms with E-state index in [2.05, 4.69) is 0 Å². The SMILES string of the molecule is C=O.O=[N+]([O-])c1ccc(OOc2ccc([N+](=O)[O-])cc2)cc1. The lowest BCUT2D eigenvalue weighted by Crippen LogP contribution is -2.00. The summed E-state index contributed by atoms with van der Waals surface area (Å²) in [5.74, 6) is 0.544. The number of nitro groups is 2. The highest BCUT2D eigenvalue weighted by atomic mass is 17.2. The van der Waals surface area contributed by atoms with Gasteiger partial charge in [-0.2, -0.15) is 0 Å². The van der Waals surface area contributed by atoms with Crippen LogP contribution in [-0.4, -0.2) is 16.6 Å². The lowest BCUT2D eigenvalue weighted by atomic mass is 10.3. The Hall–Kier alpha value is -3.49.